The molecule has 6 nitrogen and oxygen atoms in total. The second kappa shape index (κ2) is 4.88. The fraction of sp³-hybridized carbons (Fsp3) is 0.667. The Balaban J connectivity index is 2.44. The van der Waals surface area contributed by atoms with Crippen LogP contribution in [0.15, 0.2) is 0 Å². The van der Waals surface area contributed by atoms with Crippen molar-refractivity contribution in [2.24, 2.45) is 0 Å². The second-order valence-corrected chi connectivity index (χ2v) is 3.30. The van der Waals surface area contributed by atoms with Gasteiger partial charge < -0.3 is 9.57 Å². The summed E-state index contributed by atoms with van der Waals surface area (Å²) in [6.07, 6.45) is -0.0869. The first-order valence-electron chi connectivity index (χ1n) is 4.64. The highest BCUT2D eigenvalue weighted by Gasteiger charge is 2.32. The molecule has 15 heavy (non-hydrogen) atoms. The van der Waals surface area contributed by atoms with E-state index >= 15 is 0 Å². The van der Waals surface area contributed by atoms with Crippen molar-refractivity contribution in [2.75, 3.05) is 7.11 Å². The minimum atomic E-state index is -0.645. The summed E-state index contributed by atoms with van der Waals surface area (Å²) >= 11 is 0. The Labute approximate surface area is 87.1 Å². The lowest BCUT2D eigenvalue weighted by molar-refractivity contribution is -0.198. The lowest BCUT2D eigenvalue weighted by atomic mass is 10.3. The Morgan fingerprint density at radius 2 is 1.93 bits per heavy atom. The molecule has 0 aromatic heterocycles. The van der Waals surface area contributed by atoms with Gasteiger partial charge in [-0.2, -0.15) is 0 Å². The number of hydroxylamine groups is 2. The molecule has 0 radical (unpaired) electrons. The molecule has 84 valence electrons. The van der Waals surface area contributed by atoms with Crippen molar-refractivity contribution in [2.45, 2.75) is 32.3 Å². The molecule has 1 aliphatic rings. The van der Waals surface area contributed by atoms with Crippen LogP contribution < -0.4 is 0 Å². The molecule has 0 aliphatic carbocycles. The van der Waals surface area contributed by atoms with Crippen LogP contribution in [0.2, 0.25) is 0 Å². The second-order valence-electron chi connectivity index (χ2n) is 3.30. The summed E-state index contributed by atoms with van der Waals surface area (Å²) in [4.78, 5) is 38.0. The molecule has 1 rings (SSSR count). The van der Waals surface area contributed by atoms with Gasteiger partial charge in [0, 0.05) is 20.0 Å². The van der Waals surface area contributed by atoms with Crippen LogP contribution in [0, 0.1) is 0 Å². The van der Waals surface area contributed by atoms with E-state index in [1.807, 2.05) is 0 Å². The molecule has 0 spiro atoms. The van der Waals surface area contributed by atoms with Crippen molar-refractivity contribution in [1.82, 2.24) is 5.06 Å². The number of hydrogen-bond donors (Lipinski definition) is 0. The maximum absolute atomic E-state index is 11.2. The van der Waals surface area contributed by atoms with E-state index in [0.717, 1.165) is 0 Å². The van der Waals surface area contributed by atoms with Crippen LogP contribution in [0.5, 0.6) is 0 Å². The standard InChI is InChI=1S/C9H13NO5/c1-6(14-2)5-9(13)15-10-7(11)3-4-8(10)12/h6H,3-5H2,1-2H3/t6-/m0/s1. The van der Waals surface area contributed by atoms with Crippen LogP contribution in [0.25, 0.3) is 0 Å². The van der Waals surface area contributed by atoms with Gasteiger partial charge in [-0.05, 0) is 6.92 Å². The van der Waals surface area contributed by atoms with Crippen LogP contribution >= 0.6 is 0 Å². The molecule has 0 aromatic rings. The van der Waals surface area contributed by atoms with Crippen LogP contribution in [0.1, 0.15) is 26.2 Å². The van der Waals surface area contributed by atoms with Gasteiger partial charge in [-0.3, -0.25) is 9.59 Å². The molecule has 6 heteroatoms. The Bertz CT molecular complexity index is 272. The zero-order chi connectivity index (χ0) is 11.4. The summed E-state index contributed by atoms with van der Waals surface area (Å²) in [5.74, 6) is -1.59. The molecule has 1 fully saturated rings. The van der Waals surface area contributed by atoms with Gasteiger partial charge >= 0.3 is 5.97 Å². The lowest BCUT2D eigenvalue weighted by Gasteiger charge is -2.14. The van der Waals surface area contributed by atoms with E-state index in [1.165, 1.54) is 7.11 Å². The predicted octanol–water partition coefficient (Wildman–Crippen LogP) is 0.0186. The maximum Gasteiger partial charge on any atom is 0.335 e. The number of imide groups is 1. The minimum Gasteiger partial charge on any atom is -0.381 e. The number of nitrogens with zero attached hydrogens (tertiary/aromatic N) is 1. The molecule has 0 unspecified atom stereocenters. The monoisotopic (exact) mass is 215 g/mol. The molecule has 1 saturated heterocycles. The number of rotatable bonds is 4. The molecule has 0 aromatic carbocycles. The van der Waals surface area contributed by atoms with Crippen molar-refractivity contribution in [3.63, 3.8) is 0 Å². The molecule has 1 atom stereocenters. The Morgan fingerprint density at radius 1 is 1.40 bits per heavy atom. The molecular weight excluding hydrogens is 202 g/mol. The summed E-state index contributed by atoms with van der Waals surface area (Å²) in [6, 6.07) is 0. The quantitative estimate of drug-likeness (QED) is 0.618. The third kappa shape index (κ3) is 3.02. The Kier molecular flexibility index (Phi) is 3.79. The smallest absolute Gasteiger partial charge is 0.335 e. The Morgan fingerprint density at radius 3 is 2.40 bits per heavy atom. The number of carbonyl (C=O) groups is 3. The maximum atomic E-state index is 11.2. The summed E-state index contributed by atoms with van der Waals surface area (Å²) in [7, 11) is 1.46. The predicted molar refractivity (Wildman–Crippen MR) is 48.3 cm³/mol. The van der Waals surface area contributed by atoms with Gasteiger partial charge in [0.25, 0.3) is 11.8 Å². The third-order valence-corrected chi connectivity index (χ3v) is 2.06. The molecular formula is C9H13NO5. The number of ether oxygens (including phenoxy) is 1. The number of amides is 2. The van der Waals surface area contributed by atoms with Gasteiger partial charge in [-0.25, -0.2) is 4.79 Å². The first-order chi connectivity index (χ1) is 7.04. The van der Waals surface area contributed by atoms with Crippen molar-refractivity contribution in [3.05, 3.63) is 0 Å². The average Bonchev–Trinajstić information content (AvgIpc) is 2.49. The molecule has 0 N–H and O–H groups in total. The van der Waals surface area contributed by atoms with Crippen LogP contribution in [0.3, 0.4) is 0 Å². The van der Waals surface area contributed by atoms with Crippen molar-refractivity contribution < 1.29 is 24.0 Å². The molecule has 0 saturated carbocycles. The zero-order valence-electron chi connectivity index (χ0n) is 8.69. The van der Waals surface area contributed by atoms with E-state index in [-0.39, 0.29) is 25.4 Å². The topological polar surface area (TPSA) is 72.9 Å². The number of methoxy groups -OCH3 is 1. The first-order valence-corrected chi connectivity index (χ1v) is 4.64. The highest BCUT2D eigenvalue weighted by molar-refractivity contribution is 6.01. The minimum absolute atomic E-state index is 0.00750. The van der Waals surface area contributed by atoms with Gasteiger partial charge in [0.2, 0.25) is 0 Å². The van der Waals surface area contributed by atoms with E-state index in [4.69, 9.17) is 4.74 Å². The Hall–Kier alpha value is -1.43. The lowest BCUT2D eigenvalue weighted by Crippen LogP contribution is -2.33. The fourth-order valence-corrected chi connectivity index (χ4v) is 1.11. The molecule has 1 aliphatic heterocycles. The van der Waals surface area contributed by atoms with Gasteiger partial charge in [0.05, 0.1) is 12.5 Å². The van der Waals surface area contributed by atoms with E-state index < -0.39 is 17.8 Å². The van der Waals surface area contributed by atoms with E-state index in [1.54, 1.807) is 6.92 Å². The number of carbonyl (C=O) groups excluding carboxylic acids is 3. The summed E-state index contributed by atoms with van der Waals surface area (Å²) in [5.41, 5.74) is 0. The van der Waals surface area contributed by atoms with Crippen LogP contribution in [-0.2, 0) is 24.0 Å². The molecule has 0 bridgehead atoms. The SMILES string of the molecule is CO[C@@H](C)CC(=O)ON1C(=O)CCC1=O. The van der Waals surface area contributed by atoms with Crippen LogP contribution in [0.4, 0.5) is 0 Å². The summed E-state index contributed by atoms with van der Waals surface area (Å²) in [6.45, 7) is 1.69. The van der Waals surface area contributed by atoms with E-state index in [0.29, 0.717) is 5.06 Å². The van der Waals surface area contributed by atoms with Crippen molar-refractivity contribution in [1.29, 1.82) is 0 Å². The van der Waals surface area contributed by atoms with Gasteiger partial charge in [-0.1, -0.05) is 0 Å². The molecule has 2 amide bonds. The summed E-state index contributed by atoms with van der Waals surface area (Å²) in [5, 5.41) is 0.532. The third-order valence-electron chi connectivity index (χ3n) is 2.06. The largest absolute Gasteiger partial charge is 0.381 e. The normalized spacial score (nSPS) is 18.1. The van der Waals surface area contributed by atoms with Crippen molar-refractivity contribution in [3.8, 4) is 0 Å². The van der Waals surface area contributed by atoms with Gasteiger partial charge in [-0.15, -0.1) is 5.06 Å². The van der Waals surface area contributed by atoms with Gasteiger partial charge in [0.1, 0.15) is 0 Å². The van der Waals surface area contributed by atoms with Gasteiger partial charge in [0.15, 0.2) is 0 Å². The molecule has 1 heterocycles. The van der Waals surface area contributed by atoms with Crippen molar-refractivity contribution >= 4 is 17.8 Å². The van der Waals surface area contributed by atoms with E-state index in [9.17, 15) is 14.4 Å². The number of hydrogen-bond acceptors (Lipinski definition) is 5. The highest BCUT2D eigenvalue weighted by Crippen LogP contribution is 2.13. The first kappa shape index (κ1) is 11.6. The highest BCUT2D eigenvalue weighted by atomic mass is 16.7. The van der Waals surface area contributed by atoms with E-state index in [2.05, 4.69) is 4.84 Å². The zero-order valence-corrected chi connectivity index (χ0v) is 8.69. The summed E-state index contributed by atoms with van der Waals surface area (Å²) < 4.78 is 4.85. The fourth-order valence-electron chi connectivity index (χ4n) is 1.11. The van der Waals surface area contributed by atoms with Crippen LogP contribution in [-0.4, -0.2) is 36.1 Å². The average molecular weight is 215 g/mol.